The molecule has 1 aliphatic carbocycles. The maximum atomic E-state index is 12.3. The molecule has 0 radical (unpaired) electrons. The Kier molecular flexibility index (Phi) is 6.45. The van der Waals surface area contributed by atoms with Crippen LogP contribution in [0.2, 0.25) is 0 Å². The zero-order chi connectivity index (χ0) is 17.7. The first-order valence-corrected chi connectivity index (χ1v) is 9.29. The fraction of sp³-hybridized carbons (Fsp3) is 0.667. The molecule has 24 heavy (non-hydrogen) atoms. The summed E-state index contributed by atoms with van der Waals surface area (Å²) in [6.07, 6.45) is 6.45. The number of hydrogen-bond acceptors (Lipinski definition) is 3. The van der Waals surface area contributed by atoms with Crippen molar-refractivity contribution in [2.24, 2.45) is 0 Å². The van der Waals surface area contributed by atoms with E-state index in [2.05, 4.69) is 32.7 Å². The van der Waals surface area contributed by atoms with E-state index < -0.39 is 0 Å². The predicted octanol–water partition coefficient (Wildman–Crippen LogP) is 4.79. The molecule has 0 amide bonds. The van der Waals surface area contributed by atoms with Crippen molar-refractivity contribution in [3.8, 4) is 0 Å². The van der Waals surface area contributed by atoms with Gasteiger partial charge in [0.2, 0.25) is 0 Å². The van der Waals surface area contributed by atoms with E-state index in [0.717, 1.165) is 6.54 Å². The van der Waals surface area contributed by atoms with Gasteiger partial charge in [0, 0.05) is 12.6 Å². The van der Waals surface area contributed by atoms with E-state index in [1.54, 1.807) is 0 Å². The summed E-state index contributed by atoms with van der Waals surface area (Å²) in [6, 6.07) is 8.44. The van der Waals surface area contributed by atoms with Gasteiger partial charge in [-0.05, 0) is 49.9 Å². The van der Waals surface area contributed by atoms with E-state index in [9.17, 15) is 4.79 Å². The Labute approximate surface area is 147 Å². The third-order valence-corrected chi connectivity index (χ3v) is 5.04. The Balaban J connectivity index is 1.86. The Morgan fingerprint density at radius 1 is 1.17 bits per heavy atom. The minimum absolute atomic E-state index is 0.0910. The molecule has 0 aromatic heterocycles. The Bertz CT molecular complexity index is 524. The molecule has 0 bridgehead atoms. The average Bonchev–Trinajstić information content (AvgIpc) is 2.54. The summed E-state index contributed by atoms with van der Waals surface area (Å²) in [5.74, 6) is -0.222. The van der Waals surface area contributed by atoms with Crippen LogP contribution < -0.4 is 0 Å². The summed E-state index contributed by atoms with van der Waals surface area (Å²) in [5.41, 5.74) is 1.96. The number of ether oxygens (including phenoxy) is 1. The molecular formula is C21H33NO2. The number of hydrogen-bond donors (Lipinski definition) is 0. The van der Waals surface area contributed by atoms with Crippen LogP contribution in [0, 0.1) is 0 Å². The standard InChI is InChI=1S/C21H33NO2/c1-16(15-22(5)19-9-7-6-8-10-19)24-20(23)17-11-13-18(14-12-17)21(2,3)4/h11-14,16,19H,6-10,15H2,1-5H3. The van der Waals surface area contributed by atoms with Crippen molar-refractivity contribution in [1.29, 1.82) is 0 Å². The second-order valence-electron chi connectivity index (χ2n) is 8.27. The van der Waals surface area contributed by atoms with Gasteiger partial charge in [-0.25, -0.2) is 4.79 Å². The molecule has 1 unspecified atom stereocenters. The van der Waals surface area contributed by atoms with E-state index in [1.807, 2.05) is 31.2 Å². The topological polar surface area (TPSA) is 29.5 Å². The molecule has 0 aliphatic heterocycles. The van der Waals surface area contributed by atoms with Crippen LogP contribution in [0.1, 0.15) is 75.7 Å². The van der Waals surface area contributed by atoms with Gasteiger partial charge in [-0.15, -0.1) is 0 Å². The highest BCUT2D eigenvalue weighted by molar-refractivity contribution is 5.89. The lowest BCUT2D eigenvalue weighted by Crippen LogP contribution is -2.39. The largest absolute Gasteiger partial charge is 0.458 e. The van der Waals surface area contributed by atoms with Crippen molar-refractivity contribution in [3.63, 3.8) is 0 Å². The van der Waals surface area contributed by atoms with Gasteiger partial charge in [0.1, 0.15) is 6.10 Å². The zero-order valence-corrected chi connectivity index (χ0v) is 16.0. The van der Waals surface area contributed by atoms with E-state index in [0.29, 0.717) is 11.6 Å². The van der Waals surface area contributed by atoms with Gasteiger partial charge >= 0.3 is 5.97 Å². The maximum Gasteiger partial charge on any atom is 0.338 e. The first-order chi connectivity index (χ1) is 11.3. The van der Waals surface area contributed by atoms with Crippen molar-refractivity contribution in [1.82, 2.24) is 4.90 Å². The third-order valence-electron chi connectivity index (χ3n) is 5.04. The number of rotatable bonds is 5. The van der Waals surface area contributed by atoms with Gasteiger partial charge in [0.15, 0.2) is 0 Å². The molecule has 2 rings (SSSR count). The second-order valence-corrected chi connectivity index (χ2v) is 8.27. The molecule has 1 aromatic carbocycles. The fourth-order valence-corrected chi connectivity index (χ4v) is 3.47. The molecule has 1 aliphatic rings. The second kappa shape index (κ2) is 8.15. The summed E-state index contributed by atoms with van der Waals surface area (Å²) >= 11 is 0. The molecule has 1 atom stereocenters. The number of nitrogens with zero attached hydrogens (tertiary/aromatic N) is 1. The fourth-order valence-electron chi connectivity index (χ4n) is 3.47. The van der Waals surface area contributed by atoms with Gasteiger partial charge in [0.05, 0.1) is 5.56 Å². The number of carbonyl (C=O) groups is 1. The predicted molar refractivity (Wildman–Crippen MR) is 99.5 cm³/mol. The first kappa shape index (κ1) is 19.0. The van der Waals surface area contributed by atoms with Crippen LogP contribution in [-0.2, 0) is 10.2 Å². The minimum Gasteiger partial charge on any atom is -0.458 e. The zero-order valence-electron chi connectivity index (χ0n) is 16.0. The van der Waals surface area contributed by atoms with Crippen LogP contribution in [-0.4, -0.2) is 36.6 Å². The molecule has 134 valence electrons. The van der Waals surface area contributed by atoms with Crippen molar-refractivity contribution in [3.05, 3.63) is 35.4 Å². The quantitative estimate of drug-likeness (QED) is 0.726. The lowest BCUT2D eigenvalue weighted by molar-refractivity contribution is 0.0221. The average molecular weight is 332 g/mol. The monoisotopic (exact) mass is 331 g/mol. The highest BCUT2D eigenvalue weighted by Gasteiger charge is 2.21. The van der Waals surface area contributed by atoms with Gasteiger partial charge in [-0.2, -0.15) is 0 Å². The van der Waals surface area contributed by atoms with E-state index in [4.69, 9.17) is 4.74 Å². The van der Waals surface area contributed by atoms with Crippen molar-refractivity contribution in [2.45, 2.75) is 77.4 Å². The third kappa shape index (κ3) is 5.34. The molecule has 3 nitrogen and oxygen atoms in total. The molecule has 1 fully saturated rings. The number of likely N-dealkylation sites (N-methyl/N-ethyl adjacent to an activating group) is 1. The van der Waals surface area contributed by atoms with Gasteiger partial charge < -0.3 is 4.74 Å². The van der Waals surface area contributed by atoms with Crippen molar-refractivity contribution in [2.75, 3.05) is 13.6 Å². The normalized spacial score (nSPS) is 17.8. The highest BCUT2D eigenvalue weighted by atomic mass is 16.5. The van der Waals surface area contributed by atoms with Gasteiger partial charge in [-0.1, -0.05) is 52.2 Å². The lowest BCUT2D eigenvalue weighted by atomic mass is 9.87. The van der Waals surface area contributed by atoms with Crippen LogP contribution >= 0.6 is 0 Å². The Hall–Kier alpha value is -1.35. The van der Waals surface area contributed by atoms with E-state index >= 15 is 0 Å². The smallest absolute Gasteiger partial charge is 0.338 e. The minimum atomic E-state index is -0.222. The molecule has 0 N–H and O–H groups in total. The summed E-state index contributed by atoms with van der Waals surface area (Å²) < 4.78 is 5.64. The van der Waals surface area contributed by atoms with Crippen molar-refractivity contribution < 1.29 is 9.53 Å². The van der Waals surface area contributed by atoms with Crippen LogP contribution in [0.3, 0.4) is 0 Å². The molecule has 0 spiro atoms. The highest BCUT2D eigenvalue weighted by Crippen LogP contribution is 2.23. The SMILES string of the molecule is CC(CN(C)C1CCCCC1)OC(=O)c1ccc(C(C)(C)C)cc1. The Morgan fingerprint density at radius 2 is 1.75 bits per heavy atom. The molecule has 1 aromatic rings. The summed E-state index contributed by atoms with van der Waals surface area (Å²) in [4.78, 5) is 14.7. The summed E-state index contributed by atoms with van der Waals surface area (Å²) in [6.45, 7) is 9.30. The van der Waals surface area contributed by atoms with Gasteiger partial charge in [0.25, 0.3) is 0 Å². The van der Waals surface area contributed by atoms with E-state index in [-0.39, 0.29) is 17.5 Å². The number of esters is 1. The van der Waals surface area contributed by atoms with Crippen LogP contribution in [0.15, 0.2) is 24.3 Å². The molecular weight excluding hydrogens is 298 g/mol. The maximum absolute atomic E-state index is 12.3. The molecule has 3 heteroatoms. The van der Waals surface area contributed by atoms with Crippen LogP contribution in [0.25, 0.3) is 0 Å². The molecule has 0 heterocycles. The number of carbonyl (C=O) groups excluding carboxylic acids is 1. The van der Waals surface area contributed by atoms with Crippen LogP contribution in [0.4, 0.5) is 0 Å². The van der Waals surface area contributed by atoms with Crippen LogP contribution in [0.5, 0.6) is 0 Å². The van der Waals surface area contributed by atoms with E-state index in [1.165, 1.54) is 37.7 Å². The molecule has 1 saturated carbocycles. The summed E-state index contributed by atoms with van der Waals surface area (Å²) in [7, 11) is 2.15. The Morgan fingerprint density at radius 3 is 2.29 bits per heavy atom. The lowest BCUT2D eigenvalue weighted by Gasteiger charge is -2.32. The van der Waals surface area contributed by atoms with Gasteiger partial charge in [-0.3, -0.25) is 4.90 Å². The summed E-state index contributed by atoms with van der Waals surface area (Å²) in [5, 5.41) is 0. The molecule has 0 saturated heterocycles. The number of benzene rings is 1. The van der Waals surface area contributed by atoms with Crippen molar-refractivity contribution >= 4 is 5.97 Å². The first-order valence-electron chi connectivity index (χ1n) is 9.29.